The molecule has 1 unspecified atom stereocenters. The van der Waals surface area contributed by atoms with Gasteiger partial charge in [0.05, 0.1) is 5.57 Å². The molecular weight excluding hydrogens is 404 g/mol. The van der Waals surface area contributed by atoms with Gasteiger partial charge in [0.2, 0.25) is 0 Å². The third-order valence-electron chi connectivity index (χ3n) is 3.35. The topological polar surface area (TPSA) is 113 Å². The number of amides is 2. The molecule has 0 radical (unpaired) electrons. The number of urea groups is 1. The minimum atomic E-state index is -5.21. The van der Waals surface area contributed by atoms with Crippen LogP contribution in [0.5, 0.6) is 5.75 Å². The van der Waals surface area contributed by atoms with Crippen molar-refractivity contribution in [3.8, 4) is 5.75 Å². The van der Waals surface area contributed by atoms with Crippen LogP contribution < -0.4 is 10.1 Å². The van der Waals surface area contributed by atoms with Crippen molar-refractivity contribution in [3.05, 3.63) is 41.6 Å². The normalized spacial score (nSPS) is 17.5. The predicted octanol–water partition coefficient (Wildman–Crippen LogP) is 1.26. The number of ether oxygens (including phenoxy) is 1. The van der Waals surface area contributed by atoms with E-state index in [-0.39, 0.29) is 47.3 Å². The SMILES string of the molecule is CC(=O)c1ccc(OCN2C=C(C(F)(F)F)C(S(=O)(=O)O)NC2=O)cc1.[NaH]. The molecule has 1 aromatic rings. The van der Waals surface area contributed by atoms with Crippen molar-refractivity contribution >= 4 is 51.5 Å². The number of nitrogens with one attached hydrogen (secondary N) is 1. The number of rotatable bonds is 5. The van der Waals surface area contributed by atoms with Crippen molar-refractivity contribution in [3.63, 3.8) is 0 Å². The molecule has 0 saturated carbocycles. The molecule has 1 aliphatic rings. The first-order valence-electron chi connectivity index (χ1n) is 6.96. The van der Waals surface area contributed by atoms with Gasteiger partial charge in [-0.25, -0.2) is 4.79 Å². The van der Waals surface area contributed by atoms with Gasteiger partial charge >= 0.3 is 41.8 Å². The summed E-state index contributed by atoms with van der Waals surface area (Å²) in [6.07, 6.45) is -4.86. The van der Waals surface area contributed by atoms with Gasteiger partial charge in [-0.2, -0.15) is 21.6 Å². The molecular formula is C14H14F3N2NaO6S. The summed E-state index contributed by atoms with van der Waals surface area (Å²) < 4.78 is 75.3. The van der Waals surface area contributed by atoms with E-state index in [2.05, 4.69) is 0 Å². The second-order valence-electron chi connectivity index (χ2n) is 5.25. The van der Waals surface area contributed by atoms with Crippen molar-refractivity contribution < 1.29 is 40.5 Å². The Morgan fingerprint density at radius 1 is 1.30 bits per heavy atom. The second-order valence-corrected chi connectivity index (χ2v) is 6.75. The summed E-state index contributed by atoms with van der Waals surface area (Å²) in [5.74, 6) is -0.0253. The van der Waals surface area contributed by atoms with Gasteiger partial charge in [-0.3, -0.25) is 14.2 Å². The number of halogens is 3. The summed E-state index contributed by atoms with van der Waals surface area (Å²) in [6, 6.07) is 4.42. The van der Waals surface area contributed by atoms with Crippen molar-refractivity contribution in [2.24, 2.45) is 0 Å². The molecule has 27 heavy (non-hydrogen) atoms. The van der Waals surface area contributed by atoms with E-state index in [1.165, 1.54) is 31.2 Å². The number of carbonyl (C=O) groups is 2. The fourth-order valence-electron chi connectivity index (χ4n) is 2.05. The van der Waals surface area contributed by atoms with E-state index in [0.717, 1.165) is 0 Å². The van der Waals surface area contributed by atoms with Crippen LogP contribution in [0, 0.1) is 0 Å². The average Bonchev–Trinajstić information content (AvgIpc) is 2.51. The zero-order chi connectivity index (χ0) is 19.7. The Bertz CT molecular complexity index is 855. The van der Waals surface area contributed by atoms with Crippen molar-refractivity contribution in [1.29, 1.82) is 0 Å². The zero-order valence-corrected chi connectivity index (χ0v) is 14.0. The number of hydrogen-bond acceptors (Lipinski definition) is 5. The number of ketones is 1. The Morgan fingerprint density at radius 3 is 2.30 bits per heavy atom. The molecule has 2 rings (SSSR count). The standard InChI is InChI=1S/C14H13F3N2O6S.Na.H/c1-8(20)9-2-4-10(5-3-9)25-7-19-6-11(14(15,16)17)12(18-13(19)21)26(22,23)24;;/h2-6,12H,7H2,1H3,(H,18,21)(H,22,23,24);;. The van der Waals surface area contributed by atoms with Crippen LogP contribution in [0.3, 0.4) is 0 Å². The molecule has 0 aliphatic carbocycles. The van der Waals surface area contributed by atoms with E-state index in [1.807, 2.05) is 0 Å². The van der Waals surface area contributed by atoms with Gasteiger partial charge in [-0.15, -0.1) is 0 Å². The molecule has 2 N–H and O–H groups in total. The van der Waals surface area contributed by atoms with Gasteiger partial charge in [-0.1, -0.05) is 0 Å². The Hall–Kier alpha value is -1.60. The molecule has 1 atom stereocenters. The van der Waals surface area contributed by atoms with Crippen LogP contribution in [-0.4, -0.2) is 77.5 Å². The monoisotopic (exact) mass is 418 g/mol. The first-order chi connectivity index (χ1) is 11.9. The quantitative estimate of drug-likeness (QED) is 0.423. The van der Waals surface area contributed by atoms with Crippen molar-refractivity contribution in [2.75, 3.05) is 6.73 Å². The van der Waals surface area contributed by atoms with Crippen molar-refractivity contribution in [1.82, 2.24) is 10.2 Å². The molecule has 0 saturated heterocycles. The fraction of sp³-hybridized carbons (Fsp3) is 0.286. The zero-order valence-electron chi connectivity index (χ0n) is 13.1. The van der Waals surface area contributed by atoms with Gasteiger partial charge in [0.1, 0.15) is 5.75 Å². The molecule has 0 fully saturated rings. The van der Waals surface area contributed by atoms with Crippen LogP contribution in [0.1, 0.15) is 17.3 Å². The van der Waals surface area contributed by atoms with Crippen LogP contribution in [0.15, 0.2) is 36.0 Å². The minimum absolute atomic E-state index is 0. The van der Waals surface area contributed by atoms with Crippen LogP contribution in [0.2, 0.25) is 0 Å². The second kappa shape index (κ2) is 8.61. The van der Waals surface area contributed by atoms with E-state index in [0.29, 0.717) is 10.5 Å². The van der Waals surface area contributed by atoms with Crippen LogP contribution >= 0.6 is 0 Å². The summed E-state index contributed by atoms with van der Waals surface area (Å²) in [6.45, 7) is 0.687. The number of carbonyl (C=O) groups excluding carboxylic acids is 2. The maximum atomic E-state index is 13.0. The van der Waals surface area contributed by atoms with Crippen LogP contribution in [0.25, 0.3) is 0 Å². The summed E-state index contributed by atoms with van der Waals surface area (Å²) in [7, 11) is -5.21. The Labute approximate surface area is 174 Å². The predicted molar refractivity (Wildman–Crippen MR) is 88.9 cm³/mol. The number of benzene rings is 1. The van der Waals surface area contributed by atoms with Gasteiger partial charge in [0.25, 0.3) is 10.1 Å². The Morgan fingerprint density at radius 2 is 1.85 bits per heavy atom. The number of hydrogen-bond donors (Lipinski definition) is 2. The molecule has 1 aliphatic heterocycles. The van der Waals surface area contributed by atoms with Gasteiger partial charge in [0, 0.05) is 11.8 Å². The average molecular weight is 418 g/mol. The van der Waals surface area contributed by atoms with E-state index >= 15 is 0 Å². The summed E-state index contributed by atoms with van der Waals surface area (Å²) in [5, 5.41) is -1.06. The molecule has 0 bridgehead atoms. The number of Topliss-reactive ketones (excluding diaryl/α,β-unsaturated/α-hetero) is 1. The van der Waals surface area contributed by atoms with Crippen LogP contribution in [-0.2, 0) is 10.1 Å². The van der Waals surface area contributed by atoms with Gasteiger partial charge < -0.3 is 10.1 Å². The Kier molecular flexibility index (Phi) is 7.47. The third-order valence-corrected chi connectivity index (χ3v) is 4.32. The molecule has 8 nitrogen and oxygen atoms in total. The van der Waals surface area contributed by atoms with E-state index in [1.54, 1.807) is 5.32 Å². The van der Waals surface area contributed by atoms with Crippen molar-refractivity contribution in [2.45, 2.75) is 18.5 Å². The van der Waals surface area contributed by atoms with E-state index in [9.17, 15) is 31.2 Å². The molecule has 13 heteroatoms. The molecule has 144 valence electrons. The van der Waals surface area contributed by atoms with Gasteiger partial charge in [0.15, 0.2) is 17.9 Å². The van der Waals surface area contributed by atoms with Gasteiger partial charge in [-0.05, 0) is 31.2 Å². The van der Waals surface area contributed by atoms with Crippen LogP contribution in [0.4, 0.5) is 18.0 Å². The first kappa shape index (κ1) is 23.4. The summed E-state index contributed by atoms with van der Waals surface area (Å²) in [5.41, 5.74) is -1.28. The summed E-state index contributed by atoms with van der Waals surface area (Å²) in [4.78, 5) is 23.4. The first-order valence-corrected chi connectivity index (χ1v) is 8.46. The molecule has 1 heterocycles. The molecule has 0 aromatic heterocycles. The van der Waals surface area contributed by atoms with E-state index < -0.39 is 40.0 Å². The van der Waals surface area contributed by atoms with E-state index in [4.69, 9.17) is 9.29 Å². The molecule has 2 amide bonds. The fourth-order valence-corrected chi connectivity index (χ4v) is 2.81. The molecule has 1 aromatic carbocycles. The number of alkyl halides is 3. The number of nitrogens with zero attached hydrogens (tertiary/aromatic N) is 1. The third kappa shape index (κ3) is 5.94. The summed E-state index contributed by atoms with van der Waals surface area (Å²) >= 11 is 0. The Balaban J connectivity index is 0.00000364. The molecule has 0 spiro atoms. The maximum absolute atomic E-state index is 13.0.